The van der Waals surface area contributed by atoms with Gasteiger partial charge in [0.25, 0.3) is 0 Å². The zero-order chi connectivity index (χ0) is 15.0. The van der Waals surface area contributed by atoms with Gasteiger partial charge < -0.3 is 0 Å². The minimum absolute atomic E-state index is 0.274. The predicted octanol–water partition coefficient (Wildman–Crippen LogP) is 5.99. The van der Waals surface area contributed by atoms with Crippen LogP contribution in [0.5, 0.6) is 0 Å². The average Bonchev–Trinajstić information content (AvgIpc) is 2.75. The standard InChI is InChI=1S/C17H31BrN2/c1-5-7-9-11-13-17(3,12-10-8-6-2)15-14-16(18)19-20(15)4/h14H,5-13H2,1-4H3. The molecular formula is C17H31BrN2. The van der Waals surface area contributed by atoms with Crippen molar-refractivity contribution in [2.24, 2.45) is 7.05 Å². The molecule has 116 valence electrons. The monoisotopic (exact) mass is 342 g/mol. The Bertz CT molecular complexity index is 386. The molecular weight excluding hydrogens is 312 g/mol. The van der Waals surface area contributed by atoms with Crippen LogP contribution in [-0.4, -0.2) is 9.78 Å². The second-order valence-corrected chi connectivity index (χ2v) is 7.12. The van der Waals surface area contributed by atoms with Gasteiger partial charge in [-0.2, -0.15) is 5.10 Å². The number of unbranched alkanes of at least 4 members (excludes halogenated alkanes) is 5. The summed E-state index contributed by atoms with van der Waals surface area (Å²) in [5.74, 6) is 0. The fourth-order valence-corrected chi connectivity index (χ4v) is 3.54. The zero-order valence-corrected chi connectivity index (χ0v) is 15.3. The van der Waals surface area contributed by atoms with E-state index < -0.39 is 0 Å². The number of aryl methyl sites for hydroxylation is 1. The molecule has 0 saturated carbocycles. The lowest BCUT2D eigenvalue weighted by Crippen LogP contribution is -2.25. The Balaban J connectivity index is 2.74. The van der Waals surface area contributed by atoms with Gasteiger partial charge in [-0.15, -0.1) is 0 Å². The molecule has 1 unspecified atom stereocenters. The number of hydrogen-bond acceptors (Lipinski definition) is 1. The Morgan fingerprint density at radius 3 is 2.10 bits per heavy atom. The summed E-state index contributed by atoms with van der Waals surface area (Å²) >= 11 is 3.52. The Labute approximate surface area is 133 Å². The third-order valence-electron chi connectivity index (χ3n) is 4.38. The van der Waals surface area contributed by atoms with Gasteiger partial charge in [0, 0.05) is 18.2 Å². The Morgan fingerprint density at radius 1 is 1.05 bits per heavy atom. The number of hydrogen-bond donors (Lipinski definition) is 0. The van der Waals surface area contributed by atoms with Crippen LogP contribution in [0.2, 0.25) is 0 Å². The average molecular weight is 343 g/mol. The molecule has 1 heterocycles. The van der Waals surface area contributed by atoms with Crippen molar-refractivity contribution in [3.05, 3.63) is 16.4 Å². The molecule has 1 rings (SSSR count). The van der Waals surface area contributed by atoms with Gasteiger partial charge >= 0.3 is 0 Å². The molecule has 0 bridgehead atoms. The smallest absolute Gasteiger partial charge is 0.128 e. The maximum Gasteiger partial charge on any atom is 0.128 e. The topological polar surface area (TPSA) is 17.8 Å². The maximum absolute atomic E-state index is 4.48. The van der Waals surface area contributed by atoms with Crippen molar-refractivity contribution in [1.82, 2.24) is 9.78 Å². The van der Waals surface area contributed by atoms with Crippen LogP contribution in [0.4, 0.5) is 0 Å². The number of nitrogens with zero attached hydrogens (tertiary/aromatic N) is 2. The number of aromatic nitrogens is 2. The fraction of sp³-hybridized carbons (Fsp3) is 0.824. The molecule has 0 fully saturated rings. The van der Waals surface area contributed by atoms with Crippen LogP contribution in [-0.2, 0) is 12.5 Å². The van der Waals surface area contributed by atoms with E-state index in [-0.39, 0.29) is 5.41 Å². The molecule has 0 saturated heterocycles. The second-order valence-electron chi connectivity index (χ2n) is 6.30. The van der Waals surface area contributed by atoms with E-state index in [2.05, 4.69) is 59.6 Å². The summed E-state index contributed by atoms with van der Waals surface area (Å²) in [6.45, 7) is 6.98. The second kappa shape index (κ2) is 8.86. The first kappa shape index (κ1) is 17.7. The Hall–Kier alpha value is -0.310. The largest absolute Gasteiger partial charge is 0.271 e. The van der Waals surface area contributed by atoms with Crippen LogP contribution in [0.25, 0.3) is 0 Å². The van der Waals surface area contributed by atoms with Crippen LogP contribution in [0.3, 0.4) is 0 Å². The van der Waals surface area contributed by atoms with Crippen LogP contribution < -0.4 is 0 Å². The van der Waals surface area contributed by atoms with Crippen molar-refractivity contribution in [3.63, 3.8) is 0 Å². The highest BCUT2D eigenvalue weighted by atomic mass is 79.9. The van der Waals surface area contributed by atoms with Crippen LogP contribution in [0.15, 0.2) is 10.7 Å². The van der Waals surface area contributed by atoms with Crippen molar-refractivity contribution in [2.75, 3.05) is 0 Å². The van der Waals surface area contributed by atoms with E-state index in [0.29, 0.717) is 0 Å². The highest BCUT2D eigenvalue weighted by molar-refractivity contribution is 9.10. The van der Waals surface area contributed by atoms with Gasteiger partial charge in [-0.25, -0.2) is 0 Å². The minimum Gasteiger partial charge on any atom is -0.271 e. The molecule has 0 aliphatic heterocycles. The van der Waals surface area contributed by atoms with Gasteiger partial charge in [-0.05, 0) is 34.8 Å². The van der Waals surface area contributed by atoms with Crippen molar-refractivity contribution in [1.29, 1.82) is 0 Å². The van der Waals surface area contributed by atoms with Crippen molar-refractivity contribution >= 4 is 15.9 Å². The summed E-state index contributed by atoms with van der Waals surface area (Å²) in [7, 11) is 2.07. The lowest BCUT2D eigenvalue weighted by Gasteiger charge is -2.30. The maximum atomic E-state index is 4.48. The lowest BCUT2D eigenvalue weighted by atomic mass is 9.77. The third kappa shape index (κ3) is 5.23. The first-order valence-corrected chi connectivity index (χ1v) is 9.03. The molecule has 3 heteroatoms. The molecule has 20 heavy (non-hydrogen) atoms. The molecule has 2 nitrogen and oxygen atoms in total. The molecule has 1 aromatic heterocycles. The quantitative estimate of drug-likeness (QED) is 0.477. The molecule has 0 aliphatic rings. The summed E-state index contributed by atoms with van der Waals surface area (Å²) in [6.07, 6.45) is 11.9. The zero-order valence-electron chi connectivity index (χ0n) is 13.7. The van der Waals surface area contributed by atoms with Gasteiger partial charge in [-0.1, -0.05) is 65.7 Å². The molecule has 0 aliphatic carbocycles. The molecule has 0 aromatic carbocycles. The van der Waals surface area contributed by atoms with Crippen LogP contribution in [0.1, 0.15) is 84.3 Å². The molecule has 0 amide bonds. The van der Waals surface area contributed by atoms with E-state index in [1.54, 1.807) is 0 Å². The molecule has 1 atom stereocenters. The minimum atomic E-state index is 0.274. The summed E-state index contributed by atoms with van der Waals surface area (Å²) in [4.78, 5) is 0. The van der Waals surface area contributed by atoms with Crippen molar-refractivity contribution in [2.45, 2.75) is 84.0 Å². The normalized spacial score (nSPS) is 14.4. The SMILES string of the molecule is CCCCCCC(C)(CCCCC)c1cc(Br)nn1C. The molecule has 0 radical (unpaired) electrons. The summed E-state index contributed by atoms with van der Waals surface area (Å²) in [6, 6.07) is 2.21. The summed E-state index contributed by atoms with van der Waals surface area (Å²) < 4.78 is 3.03. The van der Waals surface area contributed by atoms with E-state index in [4.69, 9.17) is 0 Å². The van der Waals surface area contributed by atoms with E-state index in [1.807, 2.05) is 0 Å². The van der Waals surface area contributed by atoms with E-state index >= 15 is 0 Å². The fourth-order valence-electron chi connectivity index (χ4n) is 3.09. The van der Waals surface area contributed by atoms with E-state index in [0.717, 1.165) is 4.60 Å². The predicted molar refractivity (Wildman–Crippen MR) is 91.2 cm³/mol. The Kier molecular flexibility index (Phi) is 7.86. The first-order chi connectivity index (χ1) is 9.53. The van der Waals surface area contributed by atoms with E-state index in [9.17, 15) is 0 Å². The van der Waals surface area contributed by atoms with Gasteiger partial charge in [0.2, 0.25) is 0 Å². The van der Waals surface area contributed by atoms with Crippen LogP contribution in [0, 0.1) is 0 Å². The lowest BCUT2D eigenvalue weighted by molar-refractivity contribution is 0.344. The molecule has 0 spiro atoms. The number of halogens is 1. The highest BCUT2D eigenvalue weighted by Crippen LogP contribution is 2.36. The third-order valence-corrected chi connectivity index (χ3v) is 4.77. The highest BCUT2D eigenvalue weighted by Gasteiger charge is 2.29. The van der Waals surface area contributed by atoms with Crippen LogP contribution >= 0.6 is 15.9 Å². The van der Waals surface area contributed by atoms with Crippen molar-refractivity contribution < 1.29 is 0 Å². The summed E-state index contributed by atoms with van der Waals surface area (Å²) in [5.41, 5.74) is 1.66. The molecule has 1 aromatic rings. The Morgan fingerprint density at radius 2 is 1.60 bits per heavy atom. The van der Waals surface area contributed by atoms with Crippen molar-refractivity contribution in [3.8, 4) is 0 Å². The first-order valence-electron chi connectivity index (χ1n) is 8.23. The summed E-state index contributed by atoms with van der Waals surface area (Å²) in [5, 5.41) is 4.48. The van der Waals surface area contributed by atoms with Gasteiger partial charge in [0.1, 0.15) is 4.60 Å². The molecule has 0 N–H and O–H groups in total. The van der Waals surface area contributed by atoms with Gasteiger partial charge in [0.05, 0.1) is 0 Å². The number of rotatable bonds is 10. The van der Waals surface area contributed by atoms with Gasteiger partial charge in [-0.3, -0.25) is 4.68 Å². The van der Waals surface area contributed by atoms with Gasteiger partial charge in [0.15, 0.2) is 0 Å². The van der Waals surface area contributed by atoms with E-state index in [1.165, 1.54) is 63.5 Å².